The number of likely N-dealkylation sites (tertiary alicyclic amines) is 1. The first-order chi connectivity index (χ1) is 12.9. The van der Waals surface area contributed by atoms with Gasteiger partial charge in [0.1, 0.15) is 11.1 Å². The molecule has 3 rings (SSSR count). The van der Waals surface area contributed by atoms with Gasteiger partial charge in [-0.25, -0.2) is 0 Å². The number of halogens is 2. The number of nitriles is 1. The summed E-state index contributed by atoms with van der Waals surface area (Å²) in [6, 6.07) is 6.65. The van der Waals surface area contributed by atoms with E-state index in [1.807, 2.05) is 4.90 Å². The van der Waals surface area contributed by atoms with Crippen LogP contribution in [0.4, 0.5) is 5.00 Å². The monoisotopic (exact) mass is 421 g/mol. The van der Waals surface area contributed by atoms with E-state index in [4.69, 9.17) is 23.2 Å². The molecule has 27 heavy (non-hydrogen) atoms. The minimum absolute atomic E-state index is 0.0799. The Bertz CT molecular complexity index is 943. The molecule has 8 heteroatoms. The van der Waals surface area contributed by atoms with Crippen LogP contribution < -0.4 is 5.32 Å². The van der Waals surface area contributed by atoms with Crippen LogP contribution in [-0.2, 0) is 0 Å². The number of thiophene rings is 1. The van der Waals surface area contributed by atoms with Crippen molar-refractivity contribution in [1.29, 1.82) is 5.26 Å². The summed E-state index contributed by atoms with van der Waals surface area (Å²) < 4.78 is 0. The van der Waals surface area contributed by atoms with Crippen molar-refractivity contribution in [3.8, 4) is 6.07 Å². The molecule has 0 aliphatic carbocycles. The maximum absolute atomic E-state index is 12.8. The molecule has 1 aliphatic rings. The minimum Gasteiger partial charge on any atom is -0.338 e. The Morgan fingerprint density at radius 1 is 1.19 bits per heavy atom. The van der Waals surface area contributed by atoms with Crippen LogP contribution in [-0.4, -0.2) is 29.8 Å². The molecule has 2 amide bonds. The number of amides is 2. The molecule has 1 saturated heterocycles. The summed E-state index contributed by atoms with van der Waals surface area (Å²) in [6.45, 7) is 3.19. The first kappa shape index (κ1) is 19.7. The molecular weight excluding hydrogens is 405 g/mol. The molecule has 0 spiro atoms. The molecular formula is C19H17Cl2N3O2S. The van der Waals surface area contributed by atoms with E-state index in [-0.39, 0.29) is 10.9 Å². The summed E-state index contributed by atoms with van der Waals surface area (Å²) in [7, 11) is 0. The van der Waals surface area contributed by atoms with Crippen molar-refractivity contribution in [3.05, 3.63) is 49.8 Å². The molecule has 1 aliphatic heterocycles. The van der Waals surface area contributed by atoms with Gasteiger partial charge in [0.25, 0.3) is 11.8 Å². The Kier molecular flexibility index (Phi) is 6.05. The second kappa shape index (κ2) is 8.30. The van der Waals surface area contributed by atoms with Gasteiger partial charge in [0, 0.05) is 18.7 Å². The largest absolute Gasteiger partial charge is 0.338 e. The van der Waals surface area contributed by atoms with Gasteiger partial charge in [-0.3, -0.25) is 9.59 Å². The second-order valence-corrected chi connectivity index (χ2v) is 8.14. The van der Waals surface area contributed by atoms with Crippen molar-refractivity contribution in [2.75, 3.05) is 18.4 Å². The number of benzene rings is 1. The quantitative estimate of drug-likeness (QED) is 0.747. The molecule has 0 unspecified atom stereocenters. The predicted molar refractivity (Wildman–Crippen MR) is 108 cm³/mol. The Balaban J connectivity index is 1.87. The number of rotatable bonds is 3. The Morgan fingerprint density at radius 3 is 2.52 bits per heavy atom. The summed E-state index contributed by atoms with van der Waals surface area (Å²) in [5.74, 6) is -0.493. The number of nitrogens with one attached hydrogen (secondary N) is 1. The van der Waals surface area contributed by atoms with Gasteiger partial charge in [-0.1, -0.05) is 23.2 Å². The molecule has 5 nitrogen and oxygen atoms in total. The number of hydrogen-bond acceptors (Lipinski definition) is 4. The third kappa shape index (κ3) is 4.11. The highest BCUT2D eigenvalue weighted by Gasteiger charge is 2.26. The van der Waals surface area contributed by atoms with Crippen LogP contribution in [0, 0.1) is 18.3 Å². The van der Waals surface area contributed by atoms with Gasteiger partial charge >= 0.3 is 0 Å². The molecule has 2 heterocycles. The van der Waals surface area contributed by atoms with E-state index in [9.17, 15) is 14.9 Å². The topological polar surface area (TPSA) is 73.2 Å². The number of piperidine rings is 1. The average Bonchev–Trinajstić information content (AvgIpc) is 2.99. The lowest BCUT2D eigenvalue weighted by molar-refractivity contribution is 0.0728. The molecule has 2 aromatic rings. The van der Waals surface area contributed by atoms with Crippen LogP contribution in [0.25, 0.3) is 0 Å². The minimum atomic E-state index is -0.414. The van der Waals surface area contributed by atoms with Crippen LogP contribution in [0.1, 0.15) is 50.4 Å². The van der Waals surface area contributed by atoms with E-state index in [2.05, 4.69) is 11.4 Å². The standard InChI is InChI=1S/C19H17Cl2N3O2S/c1-11-13(10-22)18(23-17(25)12-5-6-14(20)15(21)9-12)27-16(11)19(26)24-7-3-2-4-8-24/h5-6,9H,2-4,7-8H2,1H3,(H,23,25). The van der Waals surface area contributed by atoms with Crippen molar-refractivity contribution in [2.45, 2.75) is 26.2 Å². The summed E-state index contributed by atoms with van der Waals surface area (Å²) in [5.41, 5.74) is 1.24. The summed E-state index contributed by atoms with van der Waals surface area (Å²) in [4.78, 5) is 27.7. The first-order valence-electron chi connectivity index (χ1n) is 8.51. The fraction of sp³-hybridized carbons (Fsp3) is 0.316. The smallest absolute Gasteiger partial charge is 0.264 e. The fourth-order valence-corrected chi connectivity index (χ4v) is 4.41. The van der Waals surface area contributed by atoms with Gasteiger partial charge in [-0.15, -0.1) is 11.3 Å². The van der Waals surface area contributed by atoms with E-state index in [1.54, 1.807) is 13.0 Å². The van der Waals surface area contributed by atoms with Crippen molar-refractivity contribution in [2.24, 2.45) is 0 Å². The summed E-state index contributed by atoms with van der Waals surface area (Å²) in [5, 5.41) is 13.2. The highest BCUT2D eigenvalue weighted by molar-refractivity contribution is 7.18. The normalized spacial score (nSPS) is 13.9. The van der Waals surface area contributed by atoms with Gasteiger partial charge in [-0.2, -0.15) is 5.26 Å². The van der Waals surface area contributed by atoms with Gasteiger partial charge in [0.05, 0.1) is 20.5 Å². The molecule has 1 fully saturated rings. The highest BCUT2D eigenvalue weighted by atomic mass is 35.5. The van der Waals surface area contributed by atoms with Crippen LogP contribution >= 0.6 is 34.5 Å². The highest BCUT2D eigenvalue weighted by Crippen LogP contribution is 2.34. The molecule has 0 saturated carbocycles. The third-order valence-corrected chi connectivity index (χ3v) is 6.44. The molecule has 1 aromatic heterocycles. The number of carbonyl (C=O) groups excluding carboxylic acids is 2. The zero-order valence-electron chi connectivity index (χ0n) is 14.6. The lowest BCUT2D eigenvalue weighted by atomic mass is 10.1. The van der Waals surface area contributed by atoms with Crippen molar-refractivity contribution in [1.82, 2.24) is 4.90 Å². The van der Waals surface area contributed by atoms with Crippen LogP contribution in [0.5, 0.6) is 0 Å². The number of anilines is 1. The van der Waals surface area contributed by atoms with E-state index < -0.39 is 5.91 Å². The first-order valence-corrected chi connectivity index (χ1v) is 10.1. The van der Waals surface area contributed by atoms with E-state index >= 15 is 0 Å². The van der Waals surface area contributed by atoms with Crippen LogP contribution in [0.15, 0.2) is 18.2 Å². The Morgan fingerprint density at radius 2 is 1.89 bits per heavy atom. The lowest BCUT2D eigenvalue weighted by Crippen LogP contribution is -2.35. The van der Waals surface area contributed by atoms with E-state index in [0.29, 0.717) is 31.6 Å². The SMILES string of the molecule is Cc1c(C(=O)N2CCCCC2)sc(NC(=O)c2ccc(Cl)c(Cl)c2)c1C#N. The maximum Gasteiger partial charge on any atom is 0.264 e. The van der Waals surface area contributed by atoms with Crippen molar-refractivity contribution >= 4 is 51.4 Å². The summed E-state index contributed by atoms with van der Waals surface area (Å²) in [6.07, 6.45) is 3.10. The molecule has 1 N–H and O–H groups in total. The fourth-order valence-electron chi connectivity index (χ4n) is 2.99. The van der Waals surface area contributed by atoms with E-state index in [1.165, 1.54) is 12.1 Å². The number of carbonyl (C=O) groups is 2. The van der Waals surface area contributed by atoms with Crippen molar-refractivity contribution in [3.63, 3.8) is 0 Å². The van der Waals surface area contributed by atoms with E-state index in [0.717, 1.165) is 43.7 Å². The van der Waals surface area contributed by atoms with Gasteiger partial charge in [-0.05, 0) is 49.9 Å². The molecule has 0 bridgehead atoms. The van der Waals surface area contributed by atoms with Gasteiger partial charge in [0.2, 0.25) is 0 Å². The Labute approximate surface area is 171 Å². The van der Waals surface area contributed by atoms with Crippen molar-refractivity contribution < 1.29 is 9.59 Å². The van der Waals surface area contributed by atoms with Gasteiger partial charge in [0.15, 0.2) is 0 Å². The molecule has 0 radical (unpaired) electrons. The number of hydrogen-bond donors (Lipinski definition) is 1. The third-order valence-electron chi connectivity index (χ3n) is 4.50. The second-order valence-electron chi connectivity index (χ2n) is 6.31. The molecule has 140 valence electrons. The molecule has 1 aromatic carbocycles. The maximum atomic E-state index is 12.8. The lowest BCUT2D eigenvalue weighted by Gasteiger charge is -2.26. The number of nitrogens with zero attached hydrogens (tertiary/aromatic N) is 2. The zero-order valence-corrected chi connectivity index (χ0v) is 17.0. The van der Waals surface area contributed by atoms with Crippen LogP contribution in [0.3, 0.4) is 0 Å². The summed E-state index contributed by atoms with van der Waals surface area (Å²) >= 11 is 13.0. The average molecular weight is 422 g/mol. The molecule has 0 atom stereocenters. The zero-order chi connectivity index (χ0) is 19.6. The Hall–Kier alpha value is -2.07. The van der Waals surface area contributed by atoms with Gasteiger partial charge < -0.3 is 10.2 Å². The predicted octanol–water partition coefficient (Wildman–Crippen LogP) is 5.11. The van der Waals surface area contributed by atoms with Crippen LogP contribution in [0.2, 0.25) is 10.0 Å².